The number of halogens is 2. The standard InChI is InChI=1S/C19H25N3O2S.2ClH/c1-12-5-4-6-16(13(12)2)22-19(23)14-7-8-18(24-3)17(9-14)21-10-15(20)11-25;;/h4-9,15,21,25H,10-11,20H2,1-3H3,(H,22,23);2*1H. The molecule has 0 aromatic heterocycles. The van der Waals surface area contributed by atoms with E-state index in [2.05, 4.69) is 23.3 Å². The van der Waals surface area contributed by atoms with Crippen LogP contribution in [0.4, 0.5) is 11.4 Å². The van der Waals surface area contributed by atoms with Gasteiger partial charge >= 0.3 is 0 Å². The van der Waals surface area contributed by atoms with Crippen LogP contribution in [0.15, 0.2) is 36.4 Å². The fraction of sp³-hybridized carbons (Fsp3) is 0.316. The summed E-state index contributed by atoms with van der Waals surface area (Å²) in [4.78, 5) is 12.6. The highest BCUT2D eigenvalue weighted by Gasteiger charge is 2.12. The molecule has 0 heterocycles. The summed E-state index contributed by atoms with van der Waals surface area (Å²) in [6.07, 6.45) is 0. The Kier molecular flexibility index (Phi) is 11.3. The largest absolute Gasteiger partial charge is 0.495 e. The third-order valence-corrected chi connectivity index (χ3v) is 4.57. The van der Waals surface area contributed by atoms with E-state index in [1.54, 1.807) is 25.3 Å². The number of anilines is 2. The zero-order valence-electron chi connectivity index (χ0n) is 15.6. The summed E-state index contributed by atoms with van der Waals surface area (Å²) in [5.41, 5.74) is 10.2. The molecule has 0 saturated carbocycles. The number of hydrogen-bond donors (Lipinski definition) is 4. The maximum atomic E-state index is 12.6. The fourth-order valence-corrected chi connectivity index (χ4v) is 2.50. The summed E-state index contributed by atoms with van der Waals surface area (Å²) in [5.74, 6) is 1.06. The number of nitrogens with one attached hydrogen (secondary N) is 2. The minimum absolute atomic E-state index is 0. The molecule has 1 atom stereocenters. The summed E-state index contributed by atoms with van der Waals surface area (Å²) in [5, 5.41) is 6.18. The molecular formula is C19H27Cl2N3O2S. The minimum atomic E-state index is -0.169. The lowest BCUT2D eigenvalue weighted by Crippen LogP contribution is -2.30. The molecule has 2 aromatic carbocycles. The second-order valence-electron chi connectivity index (χ2n) is 5.94. The molecule has 27 heavy (non-hydrogen) atoms. The summed E-state index contributed by atoms with van der Waals surface area (Å²) in [6.45, 7) is 4.55. The van der Waals surface area contributed by atoms with Gasteiger partial charge in [-0.25, -0.2) is 0 Å². The molecule has 150 valence electrons. The predicted octanol–water partition coefficient (Wildman–Crippen LogP) is 4.08. The molecule has 0 spiro atoms. The van der Waals surface area contributed by atoms with Gasteiger partial charge in [-0.15, -0.1) is 24.8 Å². The normalized spacial score (nSPS) is 10.9. The molecule has 4 N–H and O–H groups in total. The number of hydrogen-bond acceptors (Lipinski definition) is 5. The Morgan fingerprint density at radius 2 is 1.89 bits per heavy atom. The van der Waals surface area contributed by atoms with Crippen molar-refractivity contribution < 1.29 is 9.53 Å². The van der Waals surface area contributed by atoms with E-state index in [1.165, 1.54) is 0 Å². The van der Waals surface area contributed by atoms with Crippen LogP contribution in [0.2, 0.25) is 0 Å². The van der Waals surface area contributed by atoms with Crippen LogP contribution in [0.5, 0.6) is 5.75 Å². The summed E-state index contributed by atoms with van der Waals surface area (Å²) < 4.78 is 5.35. The first-order chi connectivity index (χ1) is 12.0. The third-order valence-electron chi connectivity index (χ3n) is 4.10. The number of aryl methyl sites for hydroxylation is 1. The summed E-state index contributed by atoms with van der Waals surface area (Å²) in [6, 6.07) is 11.0. The van der Waals surface area contributed by atoms with Crippen LogP contribution in [0.25, 0.3) is 0 Å². The smallest absolute Gasteiger partial charge is 0.255 e. The molecule has 0 fully saturated rings. The lowest BCUT2D eigenvalue weighted by Gasteiger charge is -2.16. The van der Waals surface area contributed by atoms with Crippen LogP contribution < -0.4 is 21.1 Å². The molecule has 1 amide bonds. The fourth-order valence-electron chi connectivity index (χ4n) is 2.37. The number of nitrogens with two attached hydrogens (primary N) is 1. The van der Waals surface area contributed by atoms with E-state index in [9.17, 15) is 4.79 Å². The van der Waals surface area contributed by atoms with Crippen molar-refractivity contribution in [1.29, 1.82) is 0 Å². The molecule has 2 aromatic rings. The Hall–Kier alpha value is -1.60. The molecule has 0 aliphatic heterocycles. The lowest BCUT2D eigenvalue weighted by molar-refractivity contribution is 0.102. The van der Waals surface area contributed by atoms with Crippen molar-refractivity contribution in [2.45, 2.75) is 19.9 Å². The third kappa shape index (κ3) is 6.81. The highest BCUT2D eigenvalue weighted by Crippen LogP contribution is 2.26. The Balaban J connectivity index is 0.00000338. The van der Waals surface area contributed by atoms with Crippen LogP contribution in [0, 0.1) is 13.8 Å². The van der Waals surface area contributed by atoms with Crippen LogP contribution in [-0.4, -0.2) is 31.4 Å². The predicted molar refractivity (Wildman–Crippen MR) is 122 cm³/mol. The molecule has 0 bridgehead atoms. The number of benzene rings is 2. The van der Waals surface area contributed by atoms with Gasteiger partial charge in [-0.3, -0.25) is 4.79 Å². The SMILES string of the molecule is COc1ccc(C(=O)Nc2cccc(C)c2C)cc1NCC(N)CS.Cl.Cl. The van der Waals surface area contributed by atoms with E-state index in [1.807, 2.05) is 32.0 Å². The first-order valence-electron chi connectivity index (χ1n) is 8.12. The summed E-state index contributed by atoms with van der Waals surface area (Å²) in [7, 11) is 1.59. The van der Waals surface area contributed by atoms with Crippen molar-refractivity contribution in [2.75, 3.05) is 30.0 Å². The molecular weight excluding hydrogens is 405 g/mol. The zero-order valence-corrected chi connectivity index (χ0v) is 18.1. The van der Waals surface area contributed by atoms with Gasteiger partial charge in [-0.1, -0.05) is 12.1 Å². The van der Waals surface area contributed by atoms with Gasteiger partial charge in [-0.05, 0) is 49.2 Å². The Labute approximate surface area is 178 Å². The van der Waals surface area contributed by atoms with Gasteiger partial charge < -0.3 is 21.1 Å². The Bertz CT molecular complexity index is 760. The second kappa shape index (κ2) is 12.0. The lowest BCUT2D eigenvalue weighted by atomic mass is 10.1. The molecule has 5 nitrogen and oxygen atoms in total. The number of methoxy groups -OCH3 is 1. The maximum Gasteiger partial charge on any atom is 0.255 e. The van der Waals surface area contributed by atoms with E-state index < -0.39 is 0 Å². The molecule has 8 heteroatoms. The van der Waals surface area contributed by atoms with Crippen LogP contribution >= 0.6 is 37.4 Å². The van der Waals surface area contributed by atoms with E-state index in [0.717, 1.165) is 22.5 Å². The number of ether oxygens (including phenoxy) is 1. The molecule has 0 saturated heterocycles. The molecule has 1 unspecified atom stereocenters. The first-order valence-corrected chi connectivity index (χ1v) is 8.75. The molecule has 2 rings (SSSR count). The van der Waals surface area contributed by atoms with Crippen molar-refractivity contribution in [3.05, 3.63) is 53.1 Å². The van der Waals surface area contributed by atoms with Crippen LogP contribution in [0.3, 0.4) is 0 Å². The maximum absolute atomic E-state index is 12.6. The van der Waals surface area contributed by atoms with E-state index >= 15 is 0 Å². The van der Waals surface area contributed by atoms with Crippen molar-refractivity contribution in [3.8, 4) is 5.75 Å². The van der Waals surface area contributed by atoms with Gasteiger partial charge in [0.15, 0.2) is 0 Å². The highest BCUT2D eigenvalue weighted by atomic mass is 35.5. The van der Waals surface area contributed by atoms with Crippen molar-refractivity contribution >= 4 is 54.7 Å². The molecule has 0 aliphatic carbocycles. The number of thiol groups is 1. The number of carbonyl (C=O) groups is 1. The van der Waals surface area contributed by atoms with Gasteiger partial charge in [0, 0.05) is 29.6 Å². The van der Waals surface area contributed by atoms with Crippen molar-refractivity contribution in [2.24, 2.45) is 5.73 Å². The van der Waals surface area contributed by atoms with Crippen molar-refractivity contribution in [1.82, 2.24) is 0 Å². The second-order valence-corrected chi connectivity index (χ2v) is 6.31. The van der Waals surface area contributed by atoms with Gasteiger partial charge in [0.2, 0.25) is 0 Å². The van der Waals surface area contributed by atoms with Gasteiger partial charge in [-0.2, -0.15) is 12.6 Å². The average molecular weight is 432 g/mol. The van der Waals surface area contributed by atoms with Crippen LogP contribution in [-0.2, 0) is 0 Å². The molecule has 0 aliphatic rings. The van der Waals surface area contributed by atoms with Gasteiger partial charge in [0.25, 0.3) is 5.91 Å². The van der Waals surface area contributed by atoms with Crippen LogP contribution in [0.1, 0.15) is 21.5 Å². The average Bonchev–Trinajstić information content (AvgIpc) is 2.63. The Morgan fingerprint density at radius 3 is 2.52 bits per heavy atom. The Morgan fingerprint density at radius 1 is 1.19 bits per heavy atom. The van der Waals surface area contributed by atoms with E-state index in [4.69, 9.17) is 10.5 Å². The first kappa shape index (κ1) is 25.4. The van der Waals surface area contributed by atoms with Gasteiger partial charge in [0.1, 0.15) is 5.75 Å². The monoisotopic (exact) mass is 431 g/mol. The number of carbonyl (C=O) groups excluding carboxylic acids is 1. The van der Waals surface area contributed by atoms with E-state index in [-0.39, 0.29) is 36.8 Å². The van der Waals surface area contributed by atoms with Crippen molar-refractivity contribution in [3.63, 3.8) is 0 Å². The van der Waals surface area contributed by atoms with E-state index in [0.29, 0.717) is 23.6 Å². The molecule has 0 radical (unpaired) electrons. The number of amides is 1. The topological polar surface area (TPSA) is 76.4 Å². The quantitative estimate of drug-likeness (QED) is 0.498. The minimum Gasteiger partial charge on any atom is -0.495 e. The highest BCUT2D eigenvalue weighted by molar-refractivity contribution is 7.80. The number of rotatable bonds is 7. The van der Waals surface area contributed by atoms with Gasteiger partial charge in [0.05, 0.1) is 12.8 Å². The summed E-state index contributed by atoms with van der Waals surface area (Å²) >= 11 is 4.18. The zero-order chi connectivity index (χ0) is 18.4.